The van der Waals surface area contributed by atoms with Crippen LogP contribution in [0.25, 0.3) is 22.5 Å². The Morgan fingerprint density at radius 2 is 1.85 bits per heavy atom. The lowest BCUT2D eigenvalue weighted by Gasteiger charge is -2.03. The maximum absolute atomic E-state index is 12.8. The largest absolute Gasteiger partial charge is 0.360 e. The number of carbonyl (C=O) groups excluding carboxylic acids is 1. The van der Waals surface area contributed by atoms with Crippen molar-refractivity contribution in [3.63, 3.8) is 0 Å². The van der Waals surface area contributed by atoms with Crippen molar-refractivity contribution in [3.8, 4) is 22.5 Å². The van der Waals surface area contributed by atoms with Gasteiger partial charge in [0.2, 0.25) is 0 Å². The van der Waals surface area contributed by atoms with Crippen LogP contribution in [0.5, 0.6) is 0 Å². The summed E-state index contributed by atoms with van der Waals surface area (Å²) < 4.78 is 5.25. The summed E-state index contributed by atoms with van der Waals surface area (Å²) in [6.45, 7) is 1.72. The van der Waals surface area contributed by atoms with Crippen LogP contribution in [0.1, 0.15) is 16.1 Å². The Bertz CT molecular complexity index is 1040. The summed E-state index contributed by atoms with van der Waals surface area (Å²) in [5, 5.41) is 9.29. The molecule has 0 fully saturated rings. The van der Waals surface area contributed by atoms with Crippen LogP contribution >= 0.6 is 11.3 Å². The zero-order valence-electron chi connectivity index (χ0n) is 13.8. The molecule has 0 atom stereocenters. The highest BCUT2D eigenvalue weighted by Gasteiger charge is 2.22. The number of carbonyl (C=O) groups is 1. The fourth-order valence-corrected chi connectivity index (χ4v) is 3.29. The summed E-state index contributed by atoms with van der Waals surface area (Å²) in [4.78, 5) is 21.2. The van der Waals surface area contributed by atoms with Crippen molar-refractivity contribution in [2.45, 2.75) is 6.92 Å². The van der Waals surface area contributed by atoms with Crippen molar-refractivity contribution in [1.82, 2.24) is 15.1 Å². The number of hydrogen-bond acceptors (Lipinski definition) is 6. The summed E-state index contributed by atoms with van der Waals surface area (Å²) >= 11 is 1.36. The number of nitrogens with zero attached hydrogens (tertiary/aromatic N) is 3. The van der Waals surface area contributed by atoms with Gasteiger partial charge in [-0.3, -0.25) is 15.1 Å². The number of benzene rings is 1. The van der Waals surface area contributed by atoms with Crippen LogP contribution < -0.4 is 5.32 Å². The molecule has 1 amide bonds. The van der Waals surface area contributed by atoms with E-state index in [0.717, 1.165) is 16.8 Å². The van der Waals surface area contributed by atoms with Crippen molar-refractivity contribution in [1.29, 1.82) is 0 Å². The Morgan fingerprint density at radius 1 is 1.08 bits per heavy atom. The summed E-state index contributed by atoms with van der Waals surface area (Å²) in [7, 11) is 0. The molecule has 0 spiro atoms. The van der Waals surface area contributed by atoms with Gasteiger partial charge in [-0.1, -0.05) is 35.5 Å². The molecule has 4 aromatic rings. The molecule has 0 aliphatic carbocycles. The van der Waals surface area contributed by atoms with E-state index in [1.165, 1.54) is 11.3 Å². The average Bonchev–Trinajstić information content (AvgIpc) is 3.30. The number of pyridine rings is 1. The highest BCUT2D eigenvalue weighted by atomic mass is 32.1. The molecule has 6 nitrogen and oxygen atoms in total. The van der Waals surface area contributed by atoms with Gasteiger partial charge in [-0.25, -0.2) is 4.98 Å². The van der Waals surface area contributed by atoms with E-state index in [-0.39, 0.29) is 5.91 Å². The molecule has 0 unspecified atom stereocenters. The van der Waals surface area contributed by atoms with Gasteiger partial charge in [0.1, 0.15) is 17.0 Å². The molecule has 3 aromatic heterocycles. The highest BCUT2D eigenvalue weighted by Crippen LogP contribution is 2.28. The van der Waals surface area contributed by atoms with E-state index >= 15 is 0 Å². The molecule has 4 rings (SSSR count). The molecular weight excluding hydrogens is 348 g/mol. The first-order chi connectivity index (χ1) is 12.7. The van der Waals surface area contributed by atoms with Crippen LogP contribution in [0.2, 0.25) is 0 Å². The number of rotatable bonds is 4. The van der Waals surface area contributed by atoms with E-state index in [9.17, 15) is 4.79 Å². The molecule has 1 N–H and O–H groups in total. The first-order valence-corrected chi connectivity index (χ1v) is 8.79. The van der Waals surface area contributed by atoms with Crippen LogP contribution in [0.15, 0.2) is 64.8 Å². The van der Waals surface area contributed by atoms with Crippen molar-refractivity contribution < 1.29 is 9.32 Å². The average molecular weight is 362 g/mol. The van der Waals surface area contributed by atoms with Gasteiger partial charge in [-0.2, -0.15) is 0 Å². The van der Waals surface area contributed by atoms with Gasteiger partial charge in [0.05, 0.1) is 5.69 Å². The Hall–Kier alpha value is -3.32. The van der Waals surface area contributed by atoms with E-state index in [2.05, 4.69) is 20.4 Å². The number of hydrogen-bond donors (Lipinski definition) is 1. The van der Waals surface area contributed by atoms with E-state index in [4.69, 9.17) is 4.52 Å². The van der Waals surface area contributed by atoms with Gasteiger partial charge in [-0.15, -0.1) is 11.3 Å². The number of anilines is 1. The number of aromatic nitrogens is 3. The number of thiazole rings is 1. The Morgan fingerprint density at radius 3 is 2.62 bits per heavy atom. The number of nitrogens with one attached hydrogen (secondary N) is 1. The summed E-state index contributed by atoms with van der Waals surface area (Å²) in [6.07, 6.45) is 3.42. The highest BCUT2D eigenvalue weighted by molar-refractivity contribution is 7.14. The van der Waals surface area contributed by atoms with Crippen molar-refractivity contribution >= 4 is 22.4 Å². The molecule has 0 aliphatic rings. The van der Waals surface area contributed by atoms with E-state index in [0.29, 0.717) is 22.1 Å². The topological polar surface area (TPSA) is 80.9 Å². The fraction of sp³-hybridized carbons (Fsp3) is 0.0526. The third-order valence-electron chi connectivity index (χ3n) is 3.84. The predicted octanol–water partition coefficient (Wildman–Crippen LogP) is 4.42. The molecule has 26 heavy (non-hydrogen) atoms. The second-order valence-electron chi connectivity index (χ2n) is 5.56. The fourth-order valence-electron chi connectivity index (χ4n) is 2.58. The Labute approximate surface area is 153 Å². The van der Waals surface area contributed by atoms with Crippen LogP contribution in [-0.4, -0.2) is 21.0 Å². The minimum absolute atomic E-state index is 0.293. The van der Waals surface area contributed by atoms with Gasteiger partial charge >= 0.3 is 0 Å². The normalized spacial score (nSPS) is 10.7. The lowest BCUT2D eigenvalue weighted by Crippen LogP contribution is -2.13. The van der Waals surface area contributed by atoms with Crippen LogP contribution in [0.4, 0.5) is 5.13 Å². The molecule has 0 radical (unpaired) electrons. The summed E-state index contributed by atoms with van der Waals surface area (Å²) in [6, 6.07) is 13.2. The lowest BCUT2D eigenvalue weighted by atomic mass is 10.1. The first kappa shape index (κ1) is 16.2. The SMILES string of the molecule is Cc1onc(-c2ccccc2)c1C(=O)Nc1nc(-c2ccncc2)cs1. The monoisotopic (exact) mass is 362 g/mol. The van der Waals surface area contributed by atoms with Crippen LogP contribution in [0, 0.1) is 6.92 Å². The maximum atomic E-state index is 12.8. The van der Waals surface area contributed by atoms with E-state index in [1.54, 1.807) is 19.3 Å². The predicted molar refractivity (Wildman–Crippen MR) is 100.0 cm³/mol. The van der Waals surface area contributed by atoms with Gasteiger partial charge in [0, 0.05) is 28.9 Å². The Kier molecular flexibility index (Phi) is 4.28. The van der Waals surface area contributed by atoms with E-state index < -0.39 is 0 Å². The standard InChI is InChI=1S/C19H14N4O2S/c1-12-16(17(23-25-12)14-5-3-2-4-6-14)18(24)22-19-21-15(11-26-19)13-7-9-20-10-8-13/h2-11H,1H3,(H,21,22,24). The molecule has 0 saturated carbocycles. The zero-order chi connectivity index (χ0) is 17.9. The van der Waals surface area contributed by atoms with Crippen LogP contribution in [-0.2, 0) is 0 Å². The molecule has 0 saturated heterocycles. The molecule has 1 aromatic carbocycles. The third-order valence-corrected chi connectivity index (χ3v) is 4.60. The Balaban J connectivity index is 1.60. The minimum Gasteiger partial charge on any atom is -0.360 e. The van der Waals surface area contributed by atoms with Crippen molar-refractivity contribution in [2.24, 2.45) is 0 Å². The summed E-state index contributed by atoms with van der Waals surface area (Å²) in [5.74, 6) is 0.172. The van der Waals surface area contributed by atoms with Crippen molar-refractivity contribution in [2.75, 3.05) is 5.32 Å². The molecule has 128 valence electrons. The van der Waals surface area contributed by atoms with Gasteiger partial charge in [-0.05, 0) is 19.1 Å². The third kappa shape index (κ3) is 3.12. The van der Waals surface area contributed by atoms with Crippen molar-refractivity contribution in [3.05, 3.63) is 71.6 Å². The minimum atomic E-state index is -0.293. The van der Waals surface area contributed by atoms with Crippen LogP contribution in [0.3, 0.4) is 0 Å². The molecule has 0 bridgehead atoms. The summed E-state index contributed by atoms with van der Waals surface area (Å²) in [5.41, 5.74) is 3.50. The smallest absolute Gasteiger partial charge is 0.263 e. The molecular formula is C19H14N4O2S. The first-order valence-electron chi connectivity index (χ1n) is 7.91. The second kappa shape index (κ2) is 6.89. The quantitative estimate of drug-likeness (QED) is 0.581. The zero-order valence-corrected chi connectivity index (χ0v) is 14.7. The molecule has 7 heteroatoms. The van der Waals surface area contributed by atoms with Gasteiger partial charge < -0.3 is 4.52 Å². The maximum Gasteiger partial charge on any atom is 0.263 e. The number of amides is 1. The molecule has 0 aliphatic heterocycles. The molecule has 3 heterocycles. The van der Waals surface area contributed by atoms with Gasteiger partial charge in [0.15, 0.2) is 5.13 Å². The number of aryl methyl sites for hydroxylation is 1. The van der Waals surface area contributed by atoms with E-state index in [1.807, 2.05) is 47.8 Å². The lowest BCUT2D eigenvalue weighted by molar-refractivity contribution is 0.102. The van der Waals surface area contributed by atoms with Gasteiger partial charge in [0.25, 0.3) is 5.91 Å². The second-order valence-corrected chi connectivity index (χ2v) is 6.41.